The van der Waals surface area contributed by atoms with Crippen LogP contribution in [0.15, 0.2) is 0 Å². The molecular weight excluding hydrogens is 152 g/mol. The van der Waals surface area contributed by atoms with Gasteiger partial charge in [0.1, 0.15) is 6.10 Å². The number of aliphatic hydroxyl groups excluding tert-OH is 3. The minimum Gasteiger partial charge on any atom is -0.391 e. The largest absolute Gasteiger partial charge is 0.391 e. The van der Waals surface area contributed by atoms with Crippen LogP contribution in [-0.2, 0) is 4.74 Å². The first kappa shape index (κ1) is 8.89. The lowest BCUT2D eigenvalue weighted by Crippen LogP contribution is -2.54. The van der Waals surface area contributed by atoms with E-state index >= 15 is 0 Å². The fourth-order valence-corrected chi connectivity index (χ4v) is 0.998. The fraction of sp³-hybridized carbons (Fsp3) is 1.00. The van der Waals surface area contributed by atoms with Gasteiger partial charge in [-0.05, 0) is 0 Å². The van der Waals surface area contributed by atoms with E-state index in [2.05, 4.69) is 4.74 Å². The molecule has 1 aliphatic heterocycles. The molecule has 11 heavy (non-hydrogen) atoms. The summed E-state index contributed by atoms with van der Waals surface area (Å²) in [6.45, 7) is -0.727. The molecule has 1 saturated heterocycles. The smallest absolute Gasteiger partial charge is 0.216 e. The number of aliphatic hydroxyl groups is 4. The normalized spacial score (nSPS) is 45.8. The van der Waals surface area contributed by atoms with E-state index in [1.165, 1.54) is 0 Å². The molecule has 3 atom stereocenters. The van der Waals surface area contributed by atoms with Crippen molar-refractivity contribution in [1.82, 2.24) is 0 Å². The maximum atomic E-state index is 9.23. The molecule has 0 radical (unpaired) electrons. The van der Waals surface area contributed by atoms with Crippen molar-refractivity contribution in [2.24, 2.45) is 0 Å². The topological polar surface area (TPSA) is 90.2 Å². The van der Waals surface area contributed by atoms with Crippen molar-refractivity contribution in [2.45, 2.75) is 24.4 Å². The number of ether oxygens (including phenoxy) is 1. The molecule has 0 bridgehead atoms. The van der Waals surface area contributed by atoms with Crippen molar-refractivity contribution in [3.63, 3.8) is 0 Å². The van der Waals surface area contributed by atoms with Gasteiger partial charge in [0, 0.05) is 6.42 Å². The van der Waals surface area contributed by atoms with Crippen molar-refractivity contribution in [1.29, 1.82) is 0 Å². The SMILES string of the molecule is OCC1(O)OC[C@@H](O)C[C@@H]1O. The lowest BCUT2D eigenvalue weighted by atomic mass is 10.0. The Balaban J connectivity index is 2.56. The average Bonchev–Trinajstić information content (AvgIpc) is 1.98. The zero-order valence-electron chi connectivity index (χ0n) is 5.97. The molecular formula is C6H12O5. The number of rotatable bonds is 1. The van der Waals surface area contributed by atoms with Gasteiger partial charge in [0.05, 0.1) is 19.3 Å². The first-order chi connectivity index (χ1) is 5.08. The van der Waals surface area contributed by atoms with Crippen LogP contribution in [-0.4, -0.2) is 51.6 Å². The predicted octanol–water partition coefficient (Wildman–Crippen LogP) is -2.19. The quantitative estimate of drug-likeness (QED) is 0.353. The van der Waals surface area contributed by atoms with Gasteiger partial charge in [-0.2, -0.15) is 0 Å². The highest BCUT2D eigenvalue weighted by Gasteiger charge is 2.41. The summed E-state index contributed by atoms with van der Waals surface area (Å²) in [6.07, 6.45) is -1.97. The van der Waals surface area contributed by atoms with Crippen LogP contribution in [0.25, 0.3) is 0 Å². The molecule has 0 aromatic carbocycles. The second-order valence-electron chi connectivity index (χ2n) is 2.72. The number of hydrogen-bond donors (Lipinski definition) is 4. The summed E-state index contributed by atoms with van der Waals surface area (Å²) in [5.74, 6) is -1.89. The maximum Gasteiger partial charge on any atom is 0.216 e. The third-order valence-electron chi connectivity index (χ3n) is 1.77. The zero-order valence-corrected chi connectivity index (χ0v) is 5.97. The zero-order chi connectivity index (χ0) is 8.48. The van der Waals surface area contributed by atoms with E-state index in [4.69, 9.17) is 15.3 Å². The van der Waals surface area contributed by atoms with Crippen molar-refractivity contribution in [2.75, 3.05) is 13.2 Å². The molecule has 0 saturated carbocycles. The monoisotopic (exact) mass is 164 g/mol. The van der Waals surface area contributed by atoms with Gasteiger partial charge in [0.25, 0.3) is 0 Å². The Hall–Kier alpha value is -0.200. The van der Waals surface area contributed by atoms with Gasteiger partial charge in [-0.15, -0.1) is 0 Å². The van der Waals surface area contributed by atoms with Gasteiger partial charge in [-0.1, -0.05) is 0 Å². The van der Waals surface area contributed by atoms with Crippen molar-refractivity contribution in [3.05, 3.63) is 0 Å². The van der Waals surface area contributed by atoms with Gasteiger partial charge in [0.15, 0.2) is 0 Å². The molecule has 5 nitrogen and oxygen atoms in total. The van der Waals surface area contributed by atoms with Crippen LogP contribution in [0.3, 0.4) is 0 Å². The van der Waals surface area contributed by atoms with E-state index in [9.17, 15) is 5.11 Å². The molecule has 0 aromatic heterocycles. The highest BCUT2D eigenvalue weighted by Crippen LogP contribution is 2.22. The van der Waals surface area contributed by atoms with Crippen LogP contribution >= 0.6 is 0 Å². The minimum absolute atomic E-state index is 0.0249. The molecule has 1 rings (SSSR count). The highest BCUT2D eigenvalue weighted by molar-refractivity contribution is 4.83. The van der Waals surface area contributed by atoms with Crippen LogP contribution in [0.4, 0.5) is 0 Å². The van der Waals surface area contributed by atoms with E-state index in [1.807, 2.05) is 0 Å². The Bertz CT molecular complexity index is 139. The van der Waals surface area contributed by atoms with E-state index < -0.39 is 24.6 Å². The van der Waals surface area contributed by atoms with Gasteiger partial charge in [-0.3, -0.25) is 0 Å². The third kappa shape index (κ3) is 1.69. The van der Waals surface area contributed by atoms with E-state index in [0.29, 0.717) is 0 Å². The Morgan fingerprint density at radius 1 is 1.45 bits per heavy atom. The Kier molecular flexibility index (Phi) is 2.46. The highest BCUT2D eigenvalue weighted by atomic mass is 16.7. The fourth-order valence-electron chi connectivity index (χ4n) is 0.998. The number of hydrogen-bond acceptors (Lipinski definition) is 5. The summed E-state index contributed by atoms with van der Waals surface area (Å²) >= 11 is 0. The van der Waals surface area contributed by atoms with E-state index in [1.54, 1.807) is 0 Å². The van der Waals surface area contributed by atoms with Crippen LogP contribution in [0.5, 0.6) is 0 Å². The summed E-state index contributed by atoms with van der Waals surface area (Å²) in [5, 5.41) is 35.9. The molecule has 1 heterocycles. The minimum atomic E-state index is -1.89. The molecule has 4 N–H and O–H groups in total. The lowest BCUT2D eigenvalue weighted by Gasteiger charge is -2.37. The third-order valence-corrected chi connectivity index (χ3v) is 1.77. The summed E-state index contributed by atoms with van der Waals surface area (Å²) < 4.78 is 4.64. The second kappa shape index (κ2) is 3.04. The van der Waals surface area contributed by atoms with Crippen LogP contribution < -0.4 is 0 Å². The summed E-state index contributed by atoms with van der Waals surface area (Å²) in [5.41, 5.74) is 0. The van der Waals surface area contributed by atoms with Crippen molar-refractivity contribution in [3.8, 4) is 0 Å². The van der Waals surface area contributed by atoms with Gasteiger partial charge in [0.2, 0.25) is 5.79 Å². The van der Waals surface area contributed by atoms with Crippen LogP contribution in [0, 0.1) is 0 Å². The molecule has 1 aliphatic rings. The molecule has 66 valence electrons. The standard InChI is InChI=1S/C6H12O5/c7-3-6(10)5(9)1-4(8)2-11-6/h4-5,7-10H,1-3H2/t4-,5-,6?/m0/s1. The van der Waals surface area contributed by atoms with Gasteiger partial charge >= 0.3 is 0 Å². The van der Waals surface area contributed by atoms with Crippen LogP contribution in [0.1, 0.15) is 6.42 Å². The first-order valence-corrected chi connectivity index (χ1v) is 3.42. The Morgan fingerprint density at radius 2 is 2.09 bits per heavy atom. The van der Waals surface area contributed by atoms with Crippen LogP contribution in [0.2, 0.25) is 0 Å². The first-order valence-electron chi connectivity index (χ1n) is 3.42. The Morgan fingerprint density at radius 3 is 2.55 bits per heavy atom. The van der Waals surface area contributed by atoms with E-state index in [0.717, 1.165) is 0 Å². The predicted molar refractivity (Wildman–Crippen MR) is 34.6 cm³/mol. The van der Waals surface area contributed by atoms with Crippen molar-refractivity contribution >= 4 is 0 Å². The van der Waals surface area contributed by atoms with Crippen molar-refractivity contribution < 1.29 is 25.2 Å². The molecule has 0 spiro atoms. The molecule has 0 aliphatic carbocycles. The average molecular weight is 164 g/mol. The molecule has 0 aromatic rings. The lowest BCUT2D eigenvalue weighted by molar-refractivity contribution is -0.305. The summed E-state index contributed by atoms with van der Waals surface area (Å²) in [4.78, 5) is 0. The van der Waals surface area contributed by atoms with Gasteiger partial charge in [-0.25, -0.2) is 0 Å². The molecule has 1 unspecified atom stereocenters. The molecule has 5 heteroatoms. The molecule has 0 amide bonds. The molecule has 1 fully saturated rings. The van der Waals surface area contributed by atoms with Gasteiger partial charge < -0.3 is 25.2 Å². The second-order valence-corrected chi connectivity index (χ2v) is 2.72. The summed E-state index contributed by atoms with van der Waals surface area (Å²) in [6, 6.07) is 0. The van der Waals surface area contributed by atoms with E-state index in [-0.39, 0.29) is 13.0 Å². The Labute approximate surface area is 63.8 Å². The maximum absolute atomic E-state index is 9.23. The summed E-state index contributed by atoms with van der Waals surface area (Å²) in [7, 11) is 0.